The summed E-state index contributed by atoms with van der Waals surface area (Å²) in [5.74, 6) is -0.211. The second kappa shape index (κ2) is 4.75. The fourth-order valence-corrected chi connectivity index (χ4v) is 1.58. The third-order valence-electron chi connectivity index (χ3n) is 3.02. The third-order valence-corrected chi connectivity index (χ3v) is 3.02. The van der Waals surface area contributed by atoms with Gasteiger partial charge in [0.1, 0.15) is 12.4 Å². The minimum Gasteiger partial charge on any atom is -0.492 e. The number of benzene rings is 1. The zero-order valence-corrected chi connectivity index (χ0v) is 9.90. The van der Waals surface area contributed by atoms with Gasteiger partial charge in [-0.3, -0.25) is 0 Å². The summed E-state index contributed by atoms with van der Waals surface area (Å²) in [5, 5.41) is 12.1. The van der Waals surface area contributed by atoms with E-state index in [1.165, 1.54) is 12.8 Å². The topological polar surface area (TPSA) is 58.6 Å². The van der Waals surface area contributed by atoms with Gasteiger partial charge in [0.2, 0.25) is 0 Å². The molecule has 17 heavy (non-hydrogen) atoms. The zero-order chi connectivity index (χ0) is 12.3. The van der Waals surface area contributed by atoms with Crippen molar-refractivity contribution in [3.8, 4) is 5.75 Å². The minimum absolute atomic E-state index is 0.279. The Kier molecular flexibility index (Phi) is 3.33. The summed E-state index contributed by atoms with van der Waals surface area (Å²) < 4.78 is 5.51. The van der Waals surface area contributed by atoms with E-state index >= 15 is 0 Å². The van der Waals surface area contributed by atoms with Crippen LogP contribution < -0.4 is 10.1 Å². The van der Waals surface area contributed by atoms with E-state index < -0.39 is 5.97 Å². The maximum absolute atomic E-state index is 10.6. The van der Waals surface area contributed by atoms with E-state index in [4.69, 9.17) is 9.84 Å². The molecule has 1 aromatic rings. The highest BCUT2D eigenvalue weighted by molar-refractivity contribution is 5.87. The van der Waals surface area contributed by atoms with Gasteiger partial charge in [-0.05, 0) is 44.0 Å². The molecule has 4 heteroatoms. The number of carboxylic acid groups (broad SMARTS) is 1. The fraction of sp³-hybridized carbons (Fsp3) is 0.462. The summed E-state index contributed by atoms with van der Waals surface area (Å²) in [7, 11) is 0. The summed E-state index contributed by atoms with van der Waals surface area (Å²) in [6, 6.07) is 6.46. The Morgan fingerprint density at radius 3 is 2.59 bits per heavy atom. The summed E-state index contributed by atoms with van der Waals surface area (Å²) >= 11 is 0. The Morgan fingerprint density at radius 1 is 1.41 bits per heavy atom. The van der Waals surface area contributed by atoms with Crippen LogP contribution in [0.2, 0.25) is 0 Å². The average Bonchev–Trinajstić information content (AvgIpc) is 3.04. The lowest BCUT2D eigenvalue weighted by molar-refractivity contribution is 0.0697. The first-order valence-electron chi connectivity index (χ1n) is 5.80. The van der Waals surface area contributed by atoms with Crippen molar-refractivity contribution in [1.82, 2.24) is 5.32 Å². The molecule has 0 unspecified atom stereocenters. The van der Waals surface area contributed by atoms with Gasteiger partial charge in [0.25, 0.3) is 0 Å². The normalized spacial score (nSPS) is 16.5. The lowest BCUT2D eigenvalue weighted by Crippen LogP contribution is -2.31. The van der Waals surface area contributed by atoms with Crippen molar-refractivity contribution in [3.05, 3.63) is 29.8 Å². The lowest BCUT2D eigenvalue weighted by atomic mass is 10.2. The number of carbonyl (C=O) groups is 1. The van der Waals surface area contributed by atoms with E-state index in [9.17, 15) is 4.79 Å². The molecule has 0 radical (unpaired) electrons. The molecule has 1 fully saturated rings. The number of aromatic carboxylic acids is 1. The van der Waals surface area contributed by atoms with Crippen LogP contribution in [0.4, 0.5) is 0 Å². The second-order valence-corrected chi connectivity index (χ2v) is 4.67. The number of nitrogens with one attached hydrogen (secondary N) is 1. The number of carboxylic acids is 1. The summed E-state index contributed by atoms with van der Waals surface area (Å²) in [5.41, 5.74) is 0.609. The third kappa shape index (κ3) is 3.46. The lowest BCUT2D eigenvalue weighted by Gasteiger charge is -2.12. The van der Waals surface area contributed by atoms with Crippen LogP contribution in [-0.4, -0.2) is 29.8 Å². The van der Waals surface area contributed by atoms with Crippen LogP contribution in [0.25, 0.3) is 0 Å². The van der Waals surface area contributed by atoms with Crippen LogP contribution in [-0.2, 0) is 0 Å². The van der Waals surface area contributed by atoms with Crippen LogP contribution >= 0.6 is 0 Å². The standard InChI is InChI=1S/C13H17NO3/c1-13(6-7-13)14-8-9-17-11-4-2-10(3-5-11)12(15)16/h2-5,14H,6-9H2,1H3,(H,15,16). The minimum atomic E-state index is -0.917. The first kappa shape index (κ1) is 11.9. The van der Waals surface area contributed by atoms with Gasteiger partial charge in [-0.1, -0.05) is 0 Å². The first-order valence-corrected chi connectivity index (χ1v) is 5.80. The van der Waals surface area contributed by atoms with Gasteiger partial charge in [-0.25, -0.2) is 4.79 Å². The van der Waals surface area contributed by atoms with E-state index in [1.54, 1.807) is 24.3 Å². The number of ether oxygens (including phenoxy) is 1. The monoisotopic (exact) mass is 235 g/mol. The molecule has 1 aliphatic carbocycles. The summed E-state index contributed by atoms with van der Waals surface area (Å²) in [4.78, 5) is 10.6. The van der Waals surface area contributed by atoms with Gasteiger partial charge in [0.05, 0.1) is 5.56 Å². The SMILES string of the molecule is CC1(NCCOc2ccc(C(=O)O)cc2)CC1. The van der Waals surface area contributed by atoms with Gasteiger partial charge in [0.15, 0.2) is 0 Å². The highest BCUT2D eigenvalue weighted by Gasteiger charge is 2.36. The molecule has 0 aromatic heterocycles. The van der Waals surface area contributed by atoms with Gasteiger partial charge < -0.3 is 15.2 Å². The fourth-order valence-electron chi connectivity index (χ4n) is 1.58. The van der Waals surface area contributed by atoms with E-state index in [1.807, 2.05) is 0 Å². The van der Waals surface area contributed by atoms with Crippen LogP contribution in [0.5, 0.6) is 5.75 Å². The van der Waals surface area contributed by atoms with E-state index in [0.29, 0.717) is 17.9 Å². The predicted molar refractivity (Wildman–Crippen MR) is 64.5 cm³/mol. The molecule has 4 nitrogen and oxygen atoms in total. The summed E-state index contributed by atoms with van der Waals surface area (Å²) in [6.45, 7) is 3.62. The van der Waals surface area contributed by atoms with Gasteiger partial charge in [0, 0.05) is 12.1 Å². The van der Waals surface area contributed by atoms with E-state index in [0.717, 1.165) is 6.54 Å². The molecule has 0 aliphatic heterocycles. The Hall–Kier alpha value is -1.55. The quantitative estimate of drug-likeness (QED) is 0.739. The highest BCUT2D eigenvalue weighted by atomic mass is 16.5. The molecule has 0 bridgehead atoms. The van der Waals surface area contributed by atoms with Crippen molar-refractivity contribution in [2.75, 3.05) is 13.2 Å². The van der Waals surface area contributed by atoms with Gasteiger partial charge in [-0.2, -0.15) is 0 Å². The molecule has 2 rings (SSSR count). The Bertz CT molecular complexity index is 396. The number of rotatable bonds is 6. The van der Waals surface area contributed by atoms with Crippen molar-refractivity contribution in [2.45, 2.75) is 25.3 Å². The van der Waals surface area contributed by atoms with Crippen LogP contribution in [0.15, 0.2) is 24.3 Å². The molecular formula is C13H17NO3. The second-order valence-electron chi connectivity index (χ2n) is 4.67. The molecule has 1 saturated carbocycles. The van der Waals surface area contributed by atoms with Crippen molar-refractivity contribution in [1.29, 1.82) is 0 Å². The van der Waals surface area contributed by atoms with Crippen molar-refractivity contribution < 1.29 is 14.6 Å². The van der Waals surface area contributed by atoms with E-state index in [2.05, 4.69) is 12.2 Å². The van der Waals surface area contributed by atoms with Crippen molar-refractivity contribution >= 4 is 5.97 Å². The van der Waals surface area contributed by atoms with Crippen LogP contribution in [0, 0.1) is 0 Å². The maximum Gasteiger partial charge on any atom is 0.335 e. The number of hydrogen-bond acceptors (Lipinski definition) is 3. The molecule has 0 atom stereocenters. The molecule has 0 saturated heterocycles. The highest BCUT2D eigenvalue weighted by Crippen LogP contribution is 2.33. The van der Waals surface area contributed by atoms with Crippen LogP contribution in [0.3, 0.4) is 0 Å². The molecule has 0 spiro atoms. The largest absolute Gasteiger partial charge is 0.492 e. The smallest absolute Gasteiger partial charge is 0.335 e. The maximum atomic E-state index is 10.6. The molecule has 1 aromatic carbocycles. The molecule has 1 aliphatic rings. The van der Waals surface area contributed by atoms with Gasteiger partial charge >= 0.3 is 5.97 Å². The molecule has 2 N–H and O–H groups in total. The first-order chi connectivity index (χ1) is 8.09. The molecule has 0 heterocycles. The van der Waals surface area contributed by atoms with E-state index in [-0.39, 0.29) is 5.56 Å². The number of hydrogen-bond donors (Lipinski definition) is 2. The van der Waals surface area contributed by atoms with Crippen molar-refractivity contribution in [3.63, 3.8) is 0 Å². The molecule has 92 valence electrons. The molecular weight excluding hydrogens is 218 g/mol. The van der Waals surface area contributed by atoms with Gasteiger partial charge in [-0.15, -0.1) is 0 Å². The Labute approximate surface area is 101 Å². The zero-order valence-electron chi connectivity index (χ0n) is 9.90. The Morgan fingerprint density at radius 2 is 2.06 bits per heavy atom. The average molecular weight is 235 g/mol. The van der Waals surface area contributed by atoms with Crippen LogP contribution in [0.1, 0.15) is 30.1 Å². The Balaban J connectivity index is 1.73. The molecule has 0 amide bonds. The van der Waals surface area contributed by atoms with Crippen molar-refractivity contribution in [2.24, 2.45) is 0 Å². The summed E-state index contributed by atoms with van der Waals surface area (Å²) in [6.07, 6.45) is 2.47. The predicted octanol–water partition coefficient (Wildman–Crippen LogP) is 1.91.